The van der Waals surface area contributed by atoms with E-state index in [2.05, 4.69) is 71.5 Å². The van der Waals surface area contributed by atoms with Crippen LogP contribution in [0.2, 0.25) is 0 Å². The normalized spacial score (nSPS) is 14.1. The number of allylic oxidation sites excluding steroid dienone is 2. The summed E-state index contributed by atoms with van der Waals surface area (Å²) in [6.07, 6.45) is 10.6. The van der Waals surface area contributed by atoms with Crippen LogP contribution in [0.4, 0.5) is 5.69 Å². The van der Waals surface area contributed by atoms with Gasteiger partial charge in [0, 0.05) is 37.7 Å². The Bertz CT molecular complexity index is 903. The van der Waals surface area contributed by atoms with Gasteiger partial charge in [0.2, 0.25) is 0 Å². The lowest BCUT2D eigenvalue weighted by Gasteiger charge is -2.22. The molecule has 0 amide bonds. The van der Waals surface area contributed by atoms with E-state index in [0.717, 1.165) is 36.5 Å². The van der Waals surface area contributed by atoms with Gasteiger partial charge in [0.15, 0.2) is 0 Å². The molecule has 29 heavy (non-hydrogen) atoms. The molecule has 1 atom stereocenters. The van der Waals surface area contributed by atoms with Gasteiger partial charge in [-0.25, -0.2) is 4.99 Å². The van der Waals surface area contributed by atoms with E-state index in [-0.39, 0.29) is 6.04 Å². The molecule has 0 saturated heterocycles. The monoisotopic (exact) mass is 386 g/mol. The van der Waals surface area contributed by atoms with Gasteiger partial charge in [0.25, 0.3) is 0 Å². The number of nitrogens with two attached hydrogens (primary N) is 1. The summed E-state index contributed by atoms with van der Waals surface area (Å²) in [6.45, 7) is 4.05. The minimum absolute atomic E-state index is 0.0562. The Kier molecular flexibility index (Phi) is 7.04. The predicted octanol–water partition coefficient (Wildman–Crippen LogP) is 4.51. The van der Waals surface area contributed by atoms with Crippen LogP contribution >= 0.6 is 0 Å². The summed E-state index contributed by atoms with van der Waals surface area (Å²) in [4.78, 5) is 6.36. The zero-order chi connectivity index (χ0) is 20.6. The number of aliphatic imine (C=N–C) groups is 1. The quantitative estimate of drug-likeness (QED) is 0.736. The maximum absolute atomic E-state index is 6.24. The van der Waals surface area contributed by atoms with Crippen molar-refractivity contribution in [1.82, 2.24) is 4.90 Å². The Labute approximate surface area is 174 Å². The zero-order valence-corrected chi connectivity index (χ0v) is 17.3. The Hall–Kier alpha value is -3.11. The second-order valence-electron chi connectivity index (χ2n) is 7.55. The van der Waals surface area contributed by atoms with Crippen molar-refractivity contribution < 1.29 is 0 Å². The lowest BCUT2D eigenvalue weighted by Crippen LogP contribution is -2.32. The summed E-state index contributed by atoms with van der Waals surface area (Å²) in [6, 6.07) is 17.2. The largest absolute Gasteiger partial charge is 0.380 e. The summed E-state index contributed by atoms with van der Waals surface area (Å²) in [5, 5.41) is 3.34. The third-order valence-electron chi connectivity index (χ3n) is 4.98. The number of benzene rings is 2. The van der Waals surface area contributed by atoms with Gasteiger partial charge >= 0.3 is 0 Å². The second-order valence-corrected chi connectivity index (χ2v) is 7.55. The van der Waals surface area contributed by atoms with E-state index in [1.807, 2.05) is 37.3 Å². The average Bonchev–Trinajstić information content (AvgIpc) is 2.99. The van der Waals surface area contributed by atoms with Gasteiger partial charge in [-0.3, -0.25) is 0 Å². The first-order chi connectivity index (χ1) is 14.0. The topological polar surface area (TPSA) is 53.6 Å². The standard InChI is InChI=1S/C25H30N4/c1-19(29(2)3)24(26)18-22-10-8-20(9-11-22)17-21-12-14-23(15-13-21)28-25-7-5-4-6-16-27-25/h5-16,24H,1,4,17-18,26H2,2-3H3,(H,27,28). The summed E-state index contributed by atoms with van der Waals surface area (Å²) in [5.74, 6) is 0.859. The van der Waals surface area contributed by atoms with Crippen molar-refractivity contribution in [3.05, 3.63) is 102 Å². The fraction of sp³-hybridized carbons (Fsp3) is 0.240. The third kappa shape index (κ3) is 6.19. The molecule has 0 spiro atoms. The Morgan fingerprint density at radius 2 is 1.66 bits per heavy atom. The van der Waals surface area contributed by atoms with E-state index < -0.39 is 0 Å². The fourth-order valence-electron chi connectivity index (χ4n) is 3.16. The maximum atomic E-state index is 6.24. The molecule has 4 heteroatoms. The maximum Gasteiger partial charge on any atom is 0.129 e. The number of rotatable bonds is 7. The number of anilines is 1. The summed E-state index contributed by atoms with van der Waals surface area (Å²) >= 11 is 0. The molecule has 0 aliphatic carbocycles. The second kappa shape index (κ2) is 9.89. The summed E-state index contributed by atoms with van der Waals surface area (Å²) in [7, 11) is 3.95. The van der Waals surface area contributed by atoms with E-state index >= 15 is 0 Å². The smallest absolute Gasteiger partial charge is 0.129 e. The number of hydrogen-bond acceptors (Lipinski definition) is 4. The molecule has 2 aromatic carbocycles. The molecule has 0 aromatic heterocycles. The van der Waals surface area contributed by atoms with Crippen LogP contribution in [0.1, 0.15) is 23.1 Å². The molecule has 0 fully saturated rings. The number of likely N-dealkylation sites (N-methyl/N-ethyl adjacent to an activating group) is 1. The first kappa shape index (κ1) is 20.6. The van der Waals surface area contributed by atoms with Crippen LogP contribution in [0.15, 0.2) is 90.2 Å². The summed E-state index contributed by atoms with van der Waals surface area (Å²) < 4.78 is 0. The number of nitrogens with one attached hydrogen (secondary N) is 1. The molecule has 0 bridgehead atoms. The number of hydrogen-bond donors (Lipinski definition) is 2. The number of amidine groups is 1. The zero-order valence-electron chi connectivity index (χ0n) is 17.3. The predicted molar refractivity (Wildman–Crippen MR) is 124 cm³/mol. The highest BCUT2D eigenvalue weighted by atomic mass is 15.1. The van der Waals surface area contributed by atoms with Gasteiger partial charge in [-0.1, -0.05) is 55.1 Å². The highest BCUT2D eigenvalue weighted by molar-refractivity contribution is 6.04. The van der Waals surface area contributed by atoms with Crippen molar-refractivity contribution >= 4 is 11.5 Å². The molecular weight excluding hydrogens is 356 g/mol. The molecule has 150 valence electrons. The lowest BCUT2D eigenvalue weighted by molar-refractivity contribution is 0.462. The molecule has 3 rings (SSSR count). The SMILES string of the molecule is C=C(C(N)Cc1ccc(Cc2ccc(NC3=NC=CCC=C3)cc2)cc1)N(C)C. The average molecular weight is 387 g/mol. The van der Waals surface area contributed by atoms with Crippen molar-refractivity contribution in [1.29, 1.82) is 0 Å². The van der Waals surface area contributed by atoms with Gasteiger partial charge in [-0.2, -0.15) is 0 Å². The first-order valence-corrected chi connectivity index (χ1v) is 9.96. The molecule has 3 N–H and O–H groups in total. The van der Waals surface area contributed by atoms with Crippen molar-refractivity contribution in [2.24, 2.45) is 10.7 Å². The van der Waals surface area contributed by atoms with Crippen LogP contribution in [0, 0.1) is 0 Å². The molecule has 1 heterocycles. The lowest BCUT2D eigenvalue weighted by atomic mass is 9.99. The minimum Gasteiger partial charge on any atom is -0.380 e. The van der Waals surface area contributed by atoms with Crippen LogP contribution in [0.3, 0.4) is 0 Å². The third-order valence-corrected chi connectivity index (χ3v) is 4.98. The molecule has 1 aliphatic heterocycles. The van der Waals surface area contributed by atoms with Gasteiger partial charge in [-0.15, -0.1) is 0 Å². The van der Waals surface area contributed by atoms with Crippen LogP contribution in [0.25, 0.3) is 0 Å². The highest BCUT2D eigenvalue weighted by Gasteiger charge is 2.10. The Morgan fingerprint density at radius 1 is 1.03 bits per heavy atom. The molecule has 1 aliphatic rings. The van der Waals surface area contributed by atoms with Crippen molar-refractivity contribution in [3.8, 4) is 0 Å². The van der Waals surface area contributed by atoms with Gasteiger partial charge < -0.3 is 16.0 Å². The summed E-state index contributed by atoms with van der Waals surface area (Å²) in [5.41, 5.74) is 12.0. The van der Waals surface area contributed by atoms with E-state index in [1.165, 1.54) is 16.7 Å². The number of nitrogens with zero attached hydrogens (tertiary/aromatic N) is 2. The van der Waals surface area contributed by atoms with Crippen molar-refractivity contribution in [2.45, 2.75) is 25.3 Å². The van der Waals surface area contributed by atoms with E-state index in [1.54, 1.807) is 0 Å². The highest BCUT2D eigenvalue weighted by Crippen LogP contribution is 2.16. The minimum atomic E-state index is -0.0562. The van der Waals surface area contributed by atoms with Gasteiger partial charge in [-0.05, 0) is 54.2 Å². The fourth-order valence-corrected chi connectivity index (χ4v) is 3.16. The van der Waals surface area contributed by atoms with Crippen molar-refractivity contribution in [3.63, 3.8) is 0 Å². The Morgan fingerprint density at radius 3 is 2.31 bits per heavy atom. The van der Waals surface area contributed by atoms with Crippen molar-refractivity contribution in [2.75, 3.05) is 19.4 Å². The molecular formula is C25H30N4. The van der Waals surface area contributed by atoms with E-state index in [4.69, 9.17) is 5.73 Å². The van der Waals surface area contributed by atoms with Crippen LogP contribution in [0.5, 0.6) is 0 Å². The van der Waals surface area contributed by atoms with Gasteiger partial charge in [0.05, 0.1) is 0 Å². The molecule has 0 radical (unpaired) electrons. The molecule has 1 unspecified atom stereocenters. The Balaban J connectivity index is 1.57. The van der Waals surface area contributed by atoms with E-state index in [9.17, 15) is 0 Å². The van der Waals surface area contributed by atoms with Gasteiger partial charge in [0.1, 0.15) is 5.84 Å². The molecule has 2 aromatic rings. The first-order valence-electron chi connectivity index (χ1n) is 9.96. The van der Waals surface area contributed by atoms with E-state index in [0.29, 0.717) is 0 Å². The van der Waals surface area contributed by atoms with Crippen LogP contribution in [-0.2, 0) is 12.8 Å². The van der Waals surface area contributed by atoms with Crippen LogP contribution < -0.4 is 11.1 Å². The molecule has 0 saturated carbocycles. The molecule has 4 nitrogen and oxygen atoms in total. The van der Waals surface area contributed by atoms with Crippen LogP contribution in [-0.4, -0.2) is 30.9 Å².